The standard InChI is InChI=1S/C19H28N2O2/c1-15(13-21-11-3-2-4-12-21)20-19(22)17-7-9-18(10-8-17)23-14-16-5-6-16/h7-10,15-16H,2-6,11-14H2,1H3,(H,20,22). The summed E-state index contributed by atoms with van der Waals surface area (Å²) >= 11 is 0. The van der Waals surface area contributed by atoms with Crippen molar-refractivity contribution >= 4 is 5.91 Å². The molecule has 0 aromatic heterocycles. The van der Waals surface area contributed by atoms with Crippen LogP contribution in [0.2, 0.25) is 0 Å². The molecular weight excluding hydrogens is 288 g/mol. The van der Waals surface area contributed by atoms with Gasteiger partial charge in [-0.1, -0.05) is 6.42 Å². The van der Waals surface area contributed by atoms with Gasteiger partial charge in [0.1, 0.15) is 5.75 Å². The third-order valence-electron chi connectivity index (χ3n) is 4.66. The molecular formula is C19H28N2O2. The molecule has 1 aromatic carbocycles. The number of nitrogens with one attached hydrogen (secondary N) is 1. The van der Waals surface area contributed by atoms with Crippen LogP contribution in [0.5, 0.6) is 5.75 Å². The summed E-state index contributed by atoms with van der Waals surface area (Å²) in [6, 6.07) is 7.67. The quantitative estimate of drug-likeness (QED) is 0.840. The first-order valence-corrected chi connectivity index (χ1v) is 8.97. The van der Waals surface area contributed by atoms with Gasteiger partial charge in [0.25, 0.3) is 5.91 Å². The Bertz CT molecular complexity index is 505. The molecule has 1 aliphatic carbocycles. The second-order valence-corrected chi connectivity index (χ2v) is 7.01. The molecule has 3 rings (SSSR count). The topological polar surface area (TPSA) is 41.6 Å². The Kier molecular flexibility index (Phi) is 5.55. The molecule has 0 spiro atoms. The van der Waals surface area contributed by atoms with E-state index in [4.69, 9.17) is 4.74 Å². The van der Waals surface area contributed by atoms with Gasteiger partial charge in [-0.15, -0.1) is 0 Å². The Balaban J connectivity index is 1.44. The van der Waals surface area contributed by atoms with Crippen molar-refractivity contribution in [1.82, 2.24) is 10.2 Å². The number of likely N-dealkylation sites (tertiary alicyclic amines) is 1. The Morgan fingerprint density at radius 3 is 2.57 bits per heavy atom. The highest BCUT2D eigenvalue weighted by atomic mass is 16.5. The Morgan fingerprint density at radius 1 is 1.22 bits per heavy atom. The molecule has 1 heterocycles. The number of hydrogen-bond donors (Lipinski definition) is 1. The minimum Gasteiger partial charge on any atom is -0.493 e. The summed E-state index contributed by atoms with van der Waals surface area (Å²) in [7, 11) is 0. The van der Waals surface area contributed by atoms with Gasteiger partial charge in [-0.3, -0.25) is 4.79 Å². The van der Waals surface area contributed by atoms with Gasteiger partial charge in [-0.05, 0) is 75.9 Å². The SMILES string of the molecule is CC(CN1CCCCC1)NC(=O)c1ccc(OCC2CC2)cc1. The third-order valence-corrected chi connectivity index (χ3v) is 4.66. The molecule has 1 aromatic rings. The zero-order valence-electron chi connectivity index (χ0n) is 14.1. The van der Waals surface area contributed by atoms with E-state index in [1.807, 2.05) is 24.3 Å². The number of amides is 1. The summed E-state index contributed by atoms with van der Waals surface area (Å²) in [6.45, 7) is 6.15. The van der Waals surface area contributed by atoms with E-state index in [0.29, 0.717) is 5.56 Å². The predicted octanol–water partition coefficient (Wildman–Crippen LogP) is 3.08. The van der Waals surface area contributed by atoms with Gasteiger partial charge in [-0.2, -0.15) is 0 Å². The maximum atomic E-state index is 12.3. The highest BCUT2D eigenvalue weighted by molar-refractivity contribution is 5.94. The molecule has 2 aliphatic rings. The number of rotatable bonds is 7. The molecule has 1 aliphatic heterocycles. The van der Waals surface area contributed by atoms with Crippen LogP contribution in [0, 0.1) is 5.92 Å². The lowest BCUT2D eigenvalue weighted by atomic mass is 10.1. The average molecular weight is 316 g/mol. The van der Waals surface area contributed by atoms with E-state index < -0.39 is 0 Å². The Morgan fingerprint density at radius 2 is 1.91 bits per heavy atom. The van der Waals surface area contributed by atoms with Gasteiger partial charge >= 0.3 is 0 Å². The number of benzene rings is 1. The molecule has 126 valence electrons. The van der Waals surface area contributed by atoms with Gasteiger partial charge in [0.15, 0.2) is 0 Å². The zero-order chi connectivity index (χ0) is 16.1. The molecule has 23 heavy (non-hydrogen) atoms. The van der Waals surface area contributed by atoms with Crippen molar-refractivity contribution in [2.75, 3.05) is 26.2 Å². The second kappa shape index (κ2) is 7.82. The molecule has 1 amide bonds. The lowest BCUT2D eigenvalue weighted by molar-refractivity contribution is 0.0925. The number of nitrogens with zero attached hydrogens (tertiary/aromatic N) is 1. The maximum Gasteiger partial charge on any atom is 0.251 e. The summed E-state index contributed by atoms with van der Waals surface area (Å²) in [5.41, 5.74) is 0.703. The highest BCUT2D eigenvalue weighted by Gasteiger charge is 2.22. The van der Waals surface area contributed by atoms with Crippen LogP contribution < -0.4 is 10.1 Å². The largest absolute Gasteiger partial charge is 0.493 e. The smallest absolute Gasteiger partial charge is 0.251 e. The van der Waals surface area contributed by atoms with Gasteiger partial charge in [-0.25, -0.2) is 0 Å². The number of ether oxygens (including phenoxy) is 1. The zero-order valence-corrected chi connectivity index (χ0v) is 14.1. The van der Waals surface area contributed by atoms with Crippen molar-refractivity contribution in [3.63, 3.8) is 0 Å². The predicted molar refractivity (Wildman–Crippen MR) is 91.9 cm³/mol. The Hall–Kier alpha value is -1.55. The maximum absolute atomic E-state index is 12.3. The fourth-order valence-corrected chi connectivity index (χ4v) is 3.08. The molecule has 1 saturated carbocycles. The summed E-state index contributed by atoms with van der Waals surface area (Å²) < 4.78 is 5.71. The van der Waals surface area contributed by atoms with Crippen molar-refractivity contribution in [3.05, 3.63) is 29.8 Å². The van der Waals surface area contributed by atoms with Gasteiger partial charge in [0.05, 0.1) is 6.61 Å². The fraction of sp³-hybridized carbons (Fsp3) is 0.632. The van der Waals surface area contributed by atoms with Crippen molar-refractivity contribution in [2.24, 2.45) is 5.92 Å². The molecule has 0 bridgehead atoms. The van der Waals surface area contributed by atoms with Gasteiger partial charge < -0.3 is 15.0 Å². The highest BCUT2D eigenvalue weighted by Crippen LogP contribution is 2.29. The van der Waals surface area contributed by atoms with E-state index in [9.17, 15) is 4.79 Å². The van der Waals surface area contributed by atoms with Crippen molar-refractivity contribution in [2.45, 2.75) is 45.1 Å². The summed E-state index contributed by atoms with van der Waals surface area (Å²) in [6.07, 6.45) is 6.48. The van der Waals surface area contributed by atoms with Crippen LogP contribution in [0.1, 0.15) is 49.4 Å². The monoisotopic (exact) mass is 316 g/mol. The van der Waals surface area contributed by atoms with E-state index >= 15 is 0 Å². The first kappa shape index (κ1) is 16.3. The summed E-state index contributed by atoms with van der Waals surface area (Å²) in [5, 5.41) is 3.10. The van der Waals surface area contributed by atoms with Crippen molar-refractivity contribution in [3.8, 4) is 5.75 Å². The first-order chi connectivity index (χ1) is 11.2. The van der Waals surface area contributed by atoms with Gasteiger partial charge in [0.2, 0.25) is 0 Å². The van der Waals surface area contributed by atoms with E-state index in [2.05, 4.69) is 17.1 Å². The summed E-state index contributed by atoms with van der Waals surface area (Å²) in [4.78, 5) is 14.8. The number of carbonyl (C=O) groups is 1. The third kappa shape index (κ3) is 5.24. The van der Waals surface area contributed by atoms with E-state index in [1.165, 1.54) is 32.1 Å². The summed E-state index contributed by atoms with van der Waals surface area (Å²) in [5.74, 6) is 1.60. The molecule has 1 saturated heterocycles. The number of carbonyl (C=O) groups excluding carboxylic acids is 1. The van der Waals surface area contributed by atoms with Crippen LogP contribution in [0.25, 0.3) is 0 Å². The Labute approximate surface area is 139 Å². The van der Waals surface area contributed by atoms with Gasteiger partial charge in [0, 0.05) is 18.2 Å². The lowest BCUT2D eigenvalue weighted by Crippen LogP contribution is -2.43. The molecule has 2 fully saturated rings. The molecule has 1 atom stereocenters. The average Bonchev–Trinajstić information content (AvgIpc) is 3.38. The number of hydrogen-bond acceptors (Lipinski definition) is 3. The molecule has 0 radical (unpaired) electrons. The van der Waals surface area contributed by atoms with Crippen LogP contribution in [-0.4, -0.2) is 43.1 Å². The normalized spacial score (nSPS) is 20.0. The van der Waals surface area contributed by atoms with Crippen LogP contribution in [0.4, 0.5) is 0 Å². The fourth-order valence-electron chi connectivity index (χ4n) is 3.08. The van der Waals surface area contributed by atoms with Crippen LogP contribution in [0.3, 0.4) is 0 Å². The van der Waals surface area contributed by atoms with Crippen LogP contribution in [-0.2, 0) is 0 Å². The van der Waals surface area contributed by atoms with Crippen molar-refractivity contribution in [1.29, 1.82) is 0 Å². The van der Waals surface area contributed by atoms with E-state index in [-0.39, 0.29) is 11.9 Å². The molecule has 1 N–H and O–H groups in total. The second-order valence-electron chi connectivity index (χ2n) is 7.01. The molecule has 1 unspecified atom stereocenters. The van der Waals surface area contributed by atoms with Crippen molar-refractivity contribution < 1.29 is 9.53 Å². The lowest BCUT2D eigenvalue weighted by Gasteiger charge is -2.29. The van der Waals surface area contributed by atoms with Crippen LogP contribution in [0.15, 0.2) is 24.3 Å². The molecule has 4 nitrogen and oxygen atoms in total. The first-order valence-electron chi connectivity index (χ1n) is 8.97. The number of piperidine rings is 1. The minimum absolute atomic E-state index is 0.00301. The van der Waals surface area contributed by atoms with E-state index in [0.717, 1.165) is 37.9 Å². The van der Waals surface area contributed by atoms with Crippen LogP contribution >= 0.6 is 0 Å². The molecule has 4 heteroatoms. The van der Waals surface area contributed by atoms with E-state index in [1.54, 1.807) is 0 Å². The minimum atomic E-state index is 0.00301.